The molecule has 0 spiro atoms. The van der Waals surface area contributed by atoms with Gasteiger partial charge in [-0.2, -0.15) is 0 Å². The number of rotatable bonds is 1. The van der Waals surface area contributed by atoms with Crippen LogP contribution in [0.15, 0.2) is 0 Å². The summed E-state index contributed by atoms with van der Waals surface area (Å²) in [5.41, 5.74) is 0. The fourth-order valence-electron chi connectivity index (χ4n) is 1.00. The lowest BCUT2D eigenvalue weighted by Gasteiger charge is -2.33. The number of aliphatic hydroxyl groups excluding tert-OH is 3. The van der Waals surface area contributed by atoms with Gasteiger partial charge in [0.1, 0.15) is 31.1 Å². The predicted octanol–water partition coefficient (Wildman–Crippen LogP) is -1.56. The van der Waals surface area contributed by atoms with Crippen LogP contribution in [-0.2, 0) is 4.74 Å². The highest BCUT2D eigenvalue weighted by Gasteiger charge is 2.37. The van der Waals surface area contributed by atoms with E-state index in [1.54, 1.807) is 0 Å². The van der Waals surface area contributed by atoms with Crippen LogP contribution in [0.1, 0.15) is 0 Å². The topological polar surface area (TPSA) is 69.9 Å². The average molecular weight is 166 g/mol. The molecule has 0 saturated carbocycles. The minimum absolute atomic E-state index is 0.132. The first kappa shape index (κ1) is 8.86. The van der Waals surface area contributed by atoms with Crippen molar-refractivity contribution in [3.05, 3.63) is 0 Å². The van der Waals surface area contributed by atoms with Crippen molar-refractivity contribution in [2.45, 2.75) is 24.4 Å². The molecule has 1 saturated heterocycles. The van der Waals surface area contributed by atoms with Crippen LogP contribution >= 0.6 is 0 Å². The number of ether oxygens (including phenoxy) is 1. The number of halogens is 1. The summed E-state index contributed by atoms with van der Waals surface area (Å²) in [6, 6.07) is 0. The van der Waals surface area contributed by atoms with Gasteiger partial charge in [0, 0.05) is 0 Å². The van der Waals surface area contributed by atoms with Crippen molar-refractivity contribution in [2.24, 2.45) is 0 Å². The zero-order valence-corrected chi connectivity index (χ0v) is 5.85. The molecule has 1 aliphatic heterocycles. The number of alkyl halides is 1. The molecule has 1 heterocycles. The van der Waals surface area contributed by atoms with Crippen LogP contribution in [0, 0.1) is 0 Å². The van der Waals surface area contributed by atoms with Crippen LogP contribution in [-0.4, -0.2) is 53.0 Å². The van der Waals surface area contributed by atoms with E-state index < -0.39 is 31.1 Å². The minimum Gasteiger partial charge on any atom is -0.388 e. The second kappa shape index (κ2) is 3.44. The quantitative estimate of drug-likeness (QED) is 0.440. The summed E-state index contributed by atoms with van der Waals surface area (Å²) in [7, 11) is 0. The van der Waals surface area contributed by atoms with Crippen LogP contribution in [0.4, 0.5) is 4.39 Å². The van der Waals surface area contributed by atoms with E-state index in [0.717, 1.165) is 0 Å². The van der Waals surface area contributed by atoms with E-state index >= 15 is 0 Å². The Morgan fingerprint density at radius 1 is 1.27 bits per heavy atom. The first-order chi connectivity index (χ1) is 5.16. The first-order valence-electron chi connectivity index (χ1n) is 3.38. The fraction of sp³-hybridized carbons (Fsp3) is 1.00. The molecule has 4 unspecified atom stereocenters. The number of aliphatic hydroxyl groups is 3. The van der Waals surface area contributed by atoms with E-state index in [1.807, 2.05) is 0 Å². The summed E-state index contributed by atoms with van der Waals surface area (Å²) < 4.78 is 16.6. The van der Waals surface area contributed by atoms with Crippen LogP contribution < -0.4 is 0 Å². The normalized spacial score (nSPS) is 45.8. The third-order valence-corrected chi connectivity index (χ3v) is 1.76. The summed E-state index contributed by atoms with van der Waals surface area (Å²) in [5.74, 6) is 0. The molecule has 0 bridgehead atoms. The van der Waals surface area contributed by atoms with Crippen LogP contribution in [0.2, 0.25) is 0 Å². The molecular formula is C6H11FO4. The van der Waals surface area contributed by atoms with Gasteiger partial charge in [-0.1, -0.05) is 0 Å². The summed E-state index contributed by atoms with van der Waals surface area (Å²) in [6.45, 7) is -0.988. The lowest BCUT2D eigenvalue weighted by Crippen LogP contribution is -2.53. The second-order valence-corrected chi connectivity index (χ2v) is 2.57. The summed E-state index contributed by atoms with van der Waals surface area (Å²) in [6.07, 6.45) is -4.76. The van der Waals surface area contributed by atoms with Crippen molar-refractivity contribution >= 4 is 0 Å². The zero-order chi connectivity index (χ0) is 8.43. The summed E-state index contributed by atoms with van der Waals surface area (Å²) >= 11 is 0. The van der Waals surface area contributed by atoms with E-state index in [9.17, 15) is 4.39 Å². The van der Waals surface area contributed by atoms with E-state index in [0.29, 0.717) is 0 Å². The smallest absolute Gasteiger partial charge is 0.118 e. The Morgan fingerprint density at radius 2 is 1.91 bits per heavy atom. The van der Waals surface area contributed by atoms with Crippen molar-refractivity contribution in [1.82, 2.24) is 0 Å². The monoisotopic (exact) mass is 166 g/mol. The third kappa shape index (κ3) is 1.67. The van der Waals surface area contributed by atoms with Crippen LogP contribution in [0.5, 0.6) is 0 Å². The SMILES string of the molecule is OC1COC(CF)C(O)C1O. The van der Waals surface area contributed by atoms with E-state index in [1.165, 1.54) is 0 Å². The van der Waals surface area contributed by atoms with Gasteiger partial charge in [0.25, 0.3) is 0 Å². The van der Waals surface area contributed by atoms with E-state index in [2.05, 4.69) is 4.74 Å². The van der Waals surface area contributed by atoms with Gasteiger partial charge in [0.2, 0.25) is 0 Å². The van der Waals surface area contributed by atoms with Crippen molar-refractivity contribution < 1.29 is 24.4 Å². The maximum absolute atomic E-state index is 12.0. The van der Waals surface area contributed by atoms with Gasteiger partial charge < -0.3 is 20.1 Å². The van der Waals surface area contributed by atoms with Gasteiger partial charge in [-0.25, -0.2) is 4.39 Å². The Kier molecular flexibility index (Phi) is 2.78. The molecule has 0 aliphatic carbocycles. The molecule has 66 valence electrons. The Balaban J connectivity index is 2.52. The fourth-order valence-corrected chi connectivity index (χ4v) is 1.00. The lowest BCUT2D eigenvalue weighted by atomic mass is 10.0. The molecule has 5 heteroatoms. The molecule has 11 heavy (non-hydrogen) atoms. The maximum atomic E-state index is 12.0. The van der Waals surface area contributed by atoms with Gasteiger partial charge in [-0.15, -0.1) is 0 Å². The molecule has 4 nitrogen and oxygen atoms in total. The predicted molar refractivity (Wildman–Crippen MR) is 33.7 cm³/mol. The Labute approximate surface area is 63.2 Å². The van der Waals surface area contributed by atoms with Gasteiger partial charge >= 0.3 is 0 Å². The molecule has 3 N–H and O–H groups in total. The van der Waals surface area contributed by atoms with Crippen LogP contribution in [0.25, 0.3) is 0 Å². The largest absolute Gasteiger partial charge is 0.388 e. The van der Waals surface area contributed by atoms with Crippen molar-refractivity contribution in [2.75, 3.05) is 13.3 Å². The summed E-state index contributed by atoms with van der Waals surface area (Å²) in [5, 5.41) is 26.9. The molecule has 4 atom stereocenters. The van der Waals surface area contributed by atoms with Crippen molar-refractivity contribution in [1.29, 1.82) is 0 Å². The molecule has 1 fully saturated rings. The Morgan fingerprint density at radius 3 is 2.45 bits per heavy atom. The number of hydrogen-bond donors (Lipinski definition) is 3. The van der Waals surface area contributed by atoms with Gasteiger partial charge in [0.15, 0.2) is 0 Å². The molecular weight excluding hydrogens is 155 g/mol. The first-order valence-corrected chi connectivity index (χ1v) is 3.38. The molecule has 0 radical (unpaired) electrons. The highest BCUT2D eigenvalue weighted by Crippen LogP contribution is 2.15. The van der Waals surface area contributed by atoms with E-state index in [4.69, 9.17) is 15.3 Å². The molecule has 0 amide bonds. The highest BCUT2D eigenvalue weighted by atomic mass is 19.1. The molecule has 1 aliphatic rings. The van der Waals surface area contributed by atoms with E-state index in [-0.39, 0.29) is 6.61 Å². The van der Waals surface area contributed by atoms with Gasteiger partial charge in [-0.05, 0) is 0 Å². The highest BCUT2D eigenvalue weighted by molar-refractivity contribution is 4.85. The Hall–Kier alpha value is -0.230. The molecule has 0 aromatic heterocycles. The van der Waals surface area contributed by atoms with Crippen molar-refractivity contribution in [3.8, 4) is 0 Å². The molecule has 1 rings (SSSR count). The molecule has 0 aromatic carbocycles. The van der Waals surface area contributed by atoms with Gasteiger partial charge in [0.05, 0.1) is 6.61 Å². The van der Waals surface area contributed by atoms with Crippen molar-refractivity contribution in [3.63, 3.8) is 0 Å². The molecule has 0 aromatic rings. The summed E-state index contributed by atoms with van der Waals surface area (Å²) in [4.78, 5) is 0. The average Bonchev–Trinajstić information content (AvgIpc) is 2.01. The second-order valence-electron chi connectivity index (χ2n) is 2.57. The lowest BCUT2D eigenvalue weighted by molar-refractivity contribution is -0.190. The Bertz CT molecular complexity index is 130. The zero-order valence-electron chi connectivity index (χ0n) is 5.85. The van der Waals surface area contributed by atoms with Crippen LogP contribution in [0.3, 0.4) is 0 Å². The number of hydrogen-bond acceptors (Lipinski definition) is 4. The van der Waals surface area contributed by atoms with Gasteiger partial charge in [-0.3, -0.25) is 0 Å². The minimum atomic E-state index is -1.33. The third-order valence-electron chi connectivity index (χ3n) is 1.76. The maximum Gasteiger partial charge on any atom is 0.118 e. The standard InChI is InChI=1S/C6H11FO4/c7-1-4-6(10)5(9)3(8)2-11-4/h3-6,8-10H,1-2H2.